The van der Waals surface area contributed by atoms with Gasteiger partial charge in [0.1, 0.15) is 5.75 Å². The van der Waals surface area contributed by atoms with Crippen molar-refractivity contribution in [2.24, 2.45) is 0 Å². The molecule has 1 aromatic heterocycles. The summed E-state index contributed by atoms with van der Waals surface area (Å²) in [5.74, 6) is -0.303. The van der Waals surface area contributed by atoms with Gasteiger partial charge in [-0.05, 0) is 43.0 Å². The van der Waals surface area contributed by atoms with Crippen molar-refractivity contribution in [1.82, 2.24) is 0 Å². The van der Waals surface area contributed by atoms with Gasteiger partial charge in [0.05, 0.1) is 18.6 Å². The van der Waals surface area contributed by atoms with E-state index < -0.39 is 18.0 Å². The summed E-state index contributed by atoms with van der Waals surface area (Å²) < 4.78 is 10.2. The SMILES string of the molecule is COc1ccc(NC(=O)[C@@H](C)OC(=O)CCc2cccs2)cc1Cl. The summed E-state index contributed by atoms with van der Waals surface area (Å²) in [5, 5.41) is 4.99. The zero-order valence-electron chi connectivity index (χ0n) is 13.4. The Morgan fingerprint density at radius 2 is 2.12 bits per heavy atom. The third-order valence-corrected chi connectivity index (χ3v) is 4.48. The van der Waals surface area contributed by atoms with E-state index in [0.717, 1.165) is 4.88 Å². The first-order valence-corrected chi connectivity index (χ1v) is 8.61. The molecule has 0 fully saturated rings. The van der Waals surface area contributed by atoms with Crippen LogP contribution in [0.4, 0.5) is 5.69 Å². The Labute approximate surface area is 149 Å². The first kappa shape index (κ1) is 18.3. The fourth-order valence-corrected chi connectivity index (χ4v) is 2.94. The van der Waals surface area contributed by atoms with Crippen LogP contribution in [-0.4, -0.2) is 25.1 Å². The Kier molecular flexibility index (Phi) is 6.63. The average Bonchev–Trinajstić information content (AvgIpc) is 3.06. The Hall–Kier alpha value is -2.05. The summed E-state index contributed by atoms with van der Waals surface area (Å²) in [6.45, 7) is 1.53. The van der Waals surface area contributed by atoms with E-state index in [4.69, 9.17) is 21.1 Å². The van der Waals surface area contributed by atoms with Crippen LogP contribution in [0.3, 0.4) is 0 Å². The molecular formula is C17H18ClNO4S. The normalized spacial score (nSPS) is 11.6. The quantitative estimate of drug-likeness (QED) is 0.753. The van der Waals surface area contributed by atoms with Gasteiger partial charge in [0.2, 0.25) is 0 Å². The number of ether oxygens (including phenoxy) is 2. The summed E-state index contributed by atoms with van der Waals surface area (Å²) in [6.07, 6.45) is -0.0347. The van der Waals surface area contributed by atoms with Crippen LogP contribution in [0.5, 0.6) is 5.75 Å². The molecule has 1 aromatic carbocycles. The number of methoxy groups -OCH3 is 1. The summed E-state index contributed by atoms with van der Waals surface area (Å²) in [7, 11) is 1.51. The number of amides is 1. The third-order valence-electron chi connectivity index (χ3n) is 3.25. The second kappa shape index (κ2) is 8.70. The maximum absolute atomic E-state index is 12.1. The van der Waals surface area contributed by atoms with Crippen molar-refractivity contribution < 1.29 is 19.1 Å². The molecule has 7 heteroatoms. The zero-order valence-corrected chi connectivity index (χ0v) is 14.9. The second-order valence-corrected chi connectivity index (χ2v) is 6.49. The molecule has 1 heterocycles. The molecule has 2 rings (SSSR count). The number of benzene rings is 1. The lowest BCUT2D eigenvalue weighted by Gasteiger charge is -2.14. The number of hydrogen-bond donors (Lipinski definition) is 1. The highest BCUT2D eigenvalue weighted by Crippen LogP contribution is 2.27. The molecular weight excluding hydrogens is 350 g/mol. The van der Waals surface area contributed by atoms with E-state index in [9.17, 15) is 9.59 Å². The van der Waals surface area contributed by atoms with Gasteiger partial charge in [0.15, 0.2) is 6.10 Å². The number of nitrogens with one attached hydrogen (secondary N) is 1. The molecule has 0 spiro atoms. The fraction of sp³-hybridized carbons (Fsp3) is 0.294. The van der Waals surface area contributed by atoms with Crippen molar-refractivity contribution in [3.8, 4) is 5.75 Å². The van der Waals surface area contributed by atoms with Crippen molar-refractivity contribution in [2.75, 3.05) is 12.4 Å². The number of carbonyl (C=O) groups excluding carboxylic acids is 2. The van der Waals surface area contributed by atoms with Crippen LogP contribution in [0.25, 0.3) is 0 Å². The number of anilines is 1. The number of thiophene rings is 1. The highest BCUT2D eigenvalue weighted by Gasteiger charge is 2.18. The van der Waals surface area contributed by atoms with Gasteiger partial charge >= 0.3 is 5.97 Å². The zero-order chi connectivity index (χ0) is 17.5. The second-order valence-electron chi connectivity index (χ2n) is 5.05. The van der Waals surface area contributed by atoms with Gasteiger partial charge in [-0.15, -0.1) is 11.3 Å². The van der Waals surface area contributed by atoms with Gasteiger partial charge in [-0.25, -0.2) is 0 Å². The maximum atomic E-state index is 12.1. The molecule has 1 atom stereocenters. The van der Waals surface area contributed by atoms with Gasteiger partial charge in [0, 0.05) is 10.6 Å². The van der Waals surface area contributed by atoms with Crippen LogP contribution in [0.15, 0.2) is 35.7 Å². The van der Waals surface area contributed by atoms with Crippen molar-refractivity contribution >= 4 is 40.5 Å². The topological polar surface area (TPSA) is 64.6 Å². The van der Waals surface area contributed by atoms with Gasteiger partial charge in [-0.2, -0.15) is 0 Å². The number of rotatable bonds is 7. The monoisotopic (exact) mass is 367 g/mol. The molecule has 0 radical (unpaired) electrons. The minimum Gasteiger partial charge on any atom is -0.495 e. The van der Waals surface area contributed by atoms with Gasteiger partial charge in [0.25, 0.3) is 5.91 Å². The predicted octanol–water partition coefficient (Wildman–Crippen LogP) is 3.91. The highest BCUT2D eigenvalue weighted by molar-refractivity contribution is 7.09. The molecule has 0 bridgehead atoms. The lowest BCUT2D eigenvalue weighted by atomic mass is 10.2. The van der Waals surface area contributed by atoms with Crippen LogP contribution in [0.2, 0.25) is 5.02 Å². The molecule has 0 saturated heterocycles. The number of halogens is 1. The lowest BCUT2D eigenvalue weighted by molar-refractivity contribution is -0.153. The molecule has 5 nitrogen and oxygen atoms in total. The molecule has 1 N–H and O–H groups in total. The molecule has 0 saturated carbocycles. The number of aryl methyl sites for hydroxylation is 1. The van der Waals surface area contributed by atoms with Crippen LogP contribution in [0, 0.1) is 0 Å². The maximum Gasteiger partial charge on any atom is 0.306 e. The number of carbonyl (C=O) groups is 2. The van der Waals surface area contributed by atoms with E-state index in [1.165, 1.54) is 14.0 Å². The van der Waals surface area contributed by atoms with Gasteiger partial charge in [-0.1, -0.05) is 17.7 Å². The summed E-state index contributed by atoms with van der Waals surface area (Å²) in [4.78, 5) is 25.0. The van der Waals surface area contributed by atoms with Crippen molar-refractivity contribution in [3.63, 3.8) is 0 Å². The predicted molar refractivity (Wildman–Crippen MR) is 94.8 cm³/mol. The minimum atomic E-state index is -0.887. The van der Waals surface area contributed by atoms with E-state index in [1.54, 1.807) is 29.5 Å². The minimum absolute atomic E-state index is 0.243. The van der Waals surface area contributed by atoms with Crippen molar-refractivity contribution in [3.05, 3.63) is 45.6 Å². The molecule has 24 heavy (non-hydrogen) atoms. The molecule has 2 aromatic rings. The molecule has 1 amide bonds. The largest absolute Gasteiger partial charge is 0.495 e. The number of hydrogen-bond acceptors (Lipinski definition) is 5. The van der Waals surface area contributed by atoms with Gasteiger partial charge in [-0.3, -0.25) is 9.59 Å². The summed E-state index contributed by atoms with van der Waals surface area (Å²) in [6, 6.07) is 8.77. The standard InChI is InChI=1S/C17H18ClNO4S/c1-11(23-16(20)8-6-13-4-3-9-24-13)17(21)19-12-5-7-15(22-2)14(18)10-12/h3-5,7,9-11H,6,8H2,1-2H3,(H,19,21)/t11-/m1/s1. The van der Waals surface area contributed by atoms with E-state index in [1.807, 2.05) is 17.5 Å². The fourth-order valence-electron chi connectivity index (χ4n) is 1.98. The Balaban J connectivity index is 1.83. The Morgan fingerprint density at radius 1 is 1.33 bits per heavy atom. The summed E-state index contributed by atoms with van der Waals surface area (Å²) in [5.41, 5.74) is 0.507. The van der Waals surface area contributed by atoms with Crippen LogP contribution >= 0.6 is 22.9 Å². The summed E-state index contributed by atoms with van der Waals surface area (Å²) >= 11 is 7.59. The van der Waals surface area contributed by atoms with E-state index in [-0.39, 0.29) is 6.42 Å². The van der Waals surface area contributed by atoms with E-state index >= 15 is 0 Å². The third kappa shape index (κ3) is 5.25. The molecule has 0 aliphatic heterocycles. The molecule has 0 unspecified atom stereocenters. The van der Waals surface area contributed by atoms with Crippen molar-refractivity contribution in [2.45, 2.75) is 25.9 Å². The lowest BCUT2D eigenvalue weighted by Crippen LogP contribution is -2.30. The molecule has 128 valence electrons. The molecule has 0 aliphatic carbocycles. The Morgan fingerprint density at radius 3 is 2.75 bits per heavy atom. The van der Waals surface area contributed by atoms with Crippen LogP contribution in [-0.2, 0) is 20.7 Å². The first-order valence-electron chi connectivity index (χ1n) is 7.36. The smallest absolute Gasteiger partial charge is 0.306 e. The van der Waals surface area contributed by atoms with Crippen molar-refractivity contribution in [1.29, 1.82) is 0 Å². The average molecular weight is 368 g/mol. The Bertz CT molecular complexity index is 703. The van der Waals surface area contributed by atoms with Crippen LogP contribution in [0.1, 0.15) is 18.2 Å². The number of esters is 1. The van der Waals surface area contributed by atoms with Crippen LogP contribution < -0.4 is 10.1 Å². The highest BCUT2D eigenvalue weighted by atomic mass is 35.5. The van der Waals surface area contributed by atoms with E-state index in [0.29, 0.717) is 22.9 Å². The van der Waals surface area contributed by atoms with Gasteiger partial charge < -0.3 is 14.8 Å². The first-order chi connectivity index (χ1) is 11.5. The molecule has 0 aliphatic rings. The van der Waals surface area contributed by atoms with E-state index in [2.05, 4.69) is 5.32 Å².